The van der Waals surface area contributed by atoms with Crippen molar-refractivity contribution < 1.29 is 19.5 Å². The molecule has 0 fully saturated rings. The average molecular weight is 277 g/mol. The number of aliphatic carboxylic acids is 1. The molecule has 7 nitrogen and oxygen atoms in total. The molecule has 0 spiro atoms. The molecule has 0 unspecified atom stereocenters. The van der Waals surface area contributed by atoms with Crippen LogP contribution in [-0.2, 0) is 9.59 Å². The predicted molar refractivity (Wildman–Crippen MR) is 71.9 cm³/mol. The normalized spacial score (nSPS) is 10.2. The van der Waals surface area contributed by atoms with Gasteiger partial charge in [-0.3, -0.25) is 14.6 Å². The van der Waals surface area contributed by atoms with Crippen molar-refractivity contribution >= 4 is 23.9 Å². The predicted octanol–water partition coefficient (Wildman–Crippen LogP) is 0.0453. The standard InChI is InChI=1S/C13H15N3O4/c1-9(17)14-7-8-16-13(20)12-10(3-2-6-15-12)4-5-11(18)19/h2-6H,7-8H2,1H3,(H,14,17)(H,16,20)(H,18,19)/b5-4+. The molecule has 1 aromatic heterocycles. The molecule has 2 amide bonds. The number of carboxylic acids is 1. The lowest BCUT2D eigenvalue weighted by molar-refractivity contribution is -0.131. The first kappa shape index (κ1) is 15.4. The maximum absolute atomic E-state index is 11.9. The Morgan fingerprint density at radius 2 is 2.00 bits per heavy atom. The van der Waals surface area contributed by atoms with E-state index < -0.39 is 11.9 Å². The molecule has 106 valence electrons. The highest BCUT2D eigenvalue weighted by Crippen LogP contribution is 2.07. The van der Waals surface area contributed by atoms with Crippen molar-refractivity contribution in [1.29, 1.82) is 0 Å². The molecule has 0 atom stereocenters. The van der Waals surface area contributed by atoms with E-state index in [1.165, 1.54) is 19.2 Å². The number of aromatic nitrogens is 1. The van der Waals surface area contributed by atoms with Crippen molar-refractivity contribution in [3.05, 3.63) is 35.7 Å². The van der Waals surface area contributed by atoms with Gasteiger partial charge in [-0.2, -0.15) is 0 Å². The van der Waals surface area contributed by atoms with Gasteiger partial charge in [-0.15, -0.1) is 0 Å². The van der Waals surface area contributed by atoms with E-state index in [4.69, 9.17) is 5.11 Å². The maximum atomic E-state index is 11.9. The summed E-state index contributed by atoms with van der Waals surface area (Å²) < 4.78 is 0. The number of pyridine rings is 1. The third kappa shape index (κ3) is 5.30. The minimum absolute atomic E-state index is 0.132. The number of hydrogen-bond acceptors (Lipinski definition) is 4. The molecule has 0 aliphatic heterocycles. The summed E-state index contributed by atoms with van der Waals surface area (Å²) in [5.74, 6) is -1.71. The molecule has 0 aromatic carbocycles. The van der Waals surface area contributed by atoms with Crippen LogP contribution in [0.25, 0.3) is 6.08 Å². The van der Waals surface area contributed by atoms with Crippen molar-refractivity contribution in [2.24, 2.45) is 0 Å². The van der Waals surface area contributed by atoms with E-state index in [0.717, 1.165) is 6.08 Å². The first-order valence-corrected chi connectivity index (χ1v) is 5.89. The molecular weight excluding hydrogens is 262 g/mol. The van der Waals surface area contributed by atoms with Crippen LogP contribution < -0.4 is 10.6 Å². The van der Waals surface area contributed by atoms with Gasteiger partial charge >= 0.3 is 5.97 Å². The lowest BCUT2D eigenvalue weighted by Gasteiger charge is -2.07. The number of carbonyl (C=O) groups is 3. The Morgan fingerprint density at radius 3 is 2.65 bits per heavy atom. The Balaban J connectivity index is 2.68. The van der Waals surface area contributed by atoms with Crippen LogP contribution in [0, 0.1) is 0 Å². The quantitative estimate of drug-likeness (QED) is 0.503. The highest BCUT2D eigenvalue weighted by Gasteiger charge is 2.10. The Bertz CT molecular complexity index is 540. The van der Waals surface area contributed by atoms with E-state index in [1.54, 1.807) is 12.1 Å². The molecule has 0 saturated heterocycles. The average Bonchev–Trinajstić information content (AvgIpc) is 2.41. The fourth-order valence-electron chi connectivity index (χ4n) is 1.40. The zero-order valence-electron chi connectivity index (χ0n) is 10.9. The van der Waals surface area contributed by atoms with E-state index in [-0.39, 0.29) is 18.1 Å². The molecule has 1 aromatic rings. The van der Waals surface area contributed by atoms with Gasteiger partial charge in [-0.1, -0.05) is 6.07 Å². The molecule has 7 heteroatoms. The SMILES string of the molecule is CC(=O)NCCNC(=O)c1ncccc1/C=C/C(=O)O. The molecule has 0 aliphatic rings. The number of carboxylic acid groups (broad SMARTS) is 1. The van der Waals surface area contributed by atoms with Crippen molar-refractivity contribution in [2.75, 3.05) is 13.1 Å². The largest absolute Gasteiger partial charge is 0.478 e. The second kappa shape index (κ2) is 7.67. The van der Waals surface area contributed by atoms with Crippen LogP contribution in [0.3, 0.4) is 0 Å². The van der Waals surface area contributed by atoms with E-state index in [9.17, 15) is 14.4 Å². The Hall–Kier alpha value is -2.70. The topological polar surface area (TPSA) is 108 Å². The summed E-state index contributed by atoms with van der Waals surface area (Å²) in [6.07, 6.45) is 3.68. The van der Waals surface area contributed by atoms with E-state index >= 15 is 0 Å². The van der Waals surface area contributed by atoms with Crippen LogP contribution in [-0.4, -0.2) is 41.0 Å². The Morgan fingerprint density at radius 1 is 1.30 bits per heavy atom. The first-order chi connectivity index (χ1) is 9.50. The Kier molecular flexibility index (Phi) is 5.89. The van der Waals surface area contributed by atoms with Crippen molar-refractivity contribution in [3.63, 3.8) is 0 Å². The highest BCUT2D eigenvalue weighted by molar-refractivity contribution is 5.97. The third-order valence-electron chi connectivity index (χ3n) is 2.24. The van der Waals surface area contributed by atoms with Gasteiger partial charge in [0.2, 0.25) is 5.91 Å². The van der Waals surface area contributed by atoms with Crippen molar-refractivity contribution in [3.8, 4) is 0 Å². The van der Waals surface area contributed by atoms with Gasteiger partial charge < -0.3 is 15.7 Å². The number of rotatable bonds is 6. The first-order valence-electron chi connectivity index (χ1n) is 5.89. The van der Waals surface area contributed by atoms with Crippen LogP contribution in [0.2, 0.25) is 0 Å². The van der Waals surface area contributed by atoms with Gasteiger partial charge in [0.1, 0.15) is 5.69 Å². The zero-order chi connectivity index (χ0) is 15.0. The third-order valence-corrected chi connectivity index (χ3v) is 2.24. The van der Waals surface area contributed by atoms with Gasteiger partial charge in [0.25, 0.3) is 5.91 Å². The number of nitrogens with one attached hydrogen (secondary N) is 2. The summed E-state index contributed by atoms with van der Waals surface area (Å²) in [4.78, 5) is 37.0. The monoisotopic (exact) mass is 277 g/mol. The van der Waals surface area contributed by atoms with Crippen LogP contribution in [0.5, 0.6) is 0 Å². The molecule has 1 heterocycles. The lowest BCUT2D eigenvalue weighted by Crippen LogP contribution is -2.34. The summed E-state index contributed by atoms with van der Waals surface area (Å²) in [6, 6.07) is 3.20. The van der Waals surface area contributed by atoms with Gasteiger partial charge in [0, 0.05) is 37.8 Å². The van der Waals surface area contributed by atoms with Crippen LogP contribution in [0.15, 0.2) is 24.4 Å². The van der Waals surface area contributed by atoms with Gasteiger partial charge in [-0.25, -0.2) is 4.79 Å². The summed E-state index contributed by atoms with van der Waals surface area (Å²) in [6.45, 7) is 1.96. The van der Waals surface area contributed by atoms with Crippen LogP contribution in [0.4, 0.5) is 0 Å². The molecule has 0 aliphatic carbocycles. The van der Waals surface area contributed by atoms with Gasteiger partial charge in [-0.05, 0) is 12.1 Å². The van der Waals surface area contributed by atoms with Gasteiger partial charge in [0.05, 0.1) is 0 Å². The number of nitrogens with zero attached hydrogens (tertiary/aromatic N) is 1. The highest BCUT2D eigenvalue weighted by atomic mass is 16.4. The second-order valence-corrected chi connectivity index (χ2v) is 3.85. The maximum Gasteiger partial charge on any atom is 0.328 e. The van der Waals surface area contributed by atoms with Gasteiger partial charge in [0.15, 0.2) is 0 Å². The minimum Gasteiger partial charge on any atom is -0.478 e. The molecule has 0 saturated carbocycles. The molecule has 0 bridgehead atoms. The fraction of sp³-hybridized carbons (Fsp3) is 0.231. The van der Waals surface area contributed by atoms with Crippen molar-refractivity contribution in [1.82, 2.24) is 15.6 Å². The summed E-state index contributed by atoms with van der Waals surface area (Å²) in [5.41, 5.74) is 0.541. The fourth-order valence-corrected chi connectivity index (χ4v) is 1.40. The smallest absolute Gasteiger partial charge is 0.328 e. The van der Waals surface area contributed by atoms with Crippen LogP contribution >= 0.6 is 0 Å². The Labute approximate surface area is 115 Å². The summed E-state index contributed by atoms with van der Waals surface area (Å²) in [7, 11) is 0. The number of hydrogen-bond donors (Lipinski definition) is 3. The lowest BCUT2D eigenvalue weighted by atomic mass is 10.1. The molecular formula is C13H15N3O4. The molecule has 3 N–H and O–H groups in total. The molecule has 20 heavy (non-hydrogen) atoms. The minimum atomic E-state index is -1.11. The van der Waals surface area contributed by atoms with Crippen LogP contribution in [0.1, 0.15) is 23.0 Å². The second-order valence-electron chi connectivity index (χ2n) is 3.85. The van der Waals surface area contributed by atoms with E-state index in [2.05, 4.69) is 15.6 Å². The zero-order valence-corrected chi connectivity index (χ0v) is 10.9. The van der Waals surface area contributed by atoms with Crippen molar-refractivity contribution in [2.45, 2.75) is 6.92 Å². The number of carbonyl (C=O) groups excluding carboxylic acids is 2. The summed E-state index contributed by atoms with van der Waals surface area (Å²) in [5, 5.41) is 13.7. The van der Waals surface area contributed by atoms with E-state index in [0.29, 0.717) is 12.1 Å². The molecule has 0 radical (unpaired) electrons. The number of amides is 2. The molecule has 1 rings (SSSR count). The summed E-state index contributed by atoms with van der Waals surface area (Å²) >= 11 is 0. The van der Waals surface area contributed by atoms with E-state index in [1.807, 2.05) is 0 Å².